The summed E-state index contributed by atoms with van der Waals surface area (Å²) in [5.74, 6) is 0. The average molecular weight is 204 g/mol. The molecule has 0 aromatic heterocycles. The van der Waals surface area contributed by atoms with Gasteiger partial charge in [0.05, 0.1) is 6.61 Å². The standard InChI is InChI=1S/C6H6.C2H7O4P/c1-2-4-6-5-3-1;1-2-6-7(3,4)5/h1-6H;2H2,1H3,(H2,3,4,5). The van der Waals surface area contributed by atoms with Gasteiger partial charge in [0.1, 0.15) is 0 Å². The summed E-state index contributed by atoms with van der Waals surface area (Å²) in [6.07, 6.45) is 0. The van der Waals surface area contributed by atoms with E-state index >= 15 is 0 Å². The second-order valence-electron chi connectivity index (χ2n) is 2.06. The van der Waals surface area contributed by atoms with Crippen molar-refractivity contribution in [3.8, 4) is 0 Å². The monoisotopic (exact) mass is 204 g/mol. The lowest BCUT2D eigenvalue weighted by molar-refractivity contribution is 0.206. The number of benzene rings is 1. The van der Waals surface area contributed by atoms with Gasteiger partial charge in [0.2, 0.25) is 0 Å². The summed E-state index contributed by atoms with van der Waals surface area (Å²) in [4.78, 5) is 15.8. The van der Waals surface area contributed by atoms with Crippen molar-refractivity contribution in [2.75, 3.05) is 6.61 Å². The number of phosphoric acid groups is 1. The molecular formula is C8H13O4P. The SMILES string of the molecule is CCOP(=O)(O)O.c1ccccc1. The van der Waals surface area contributed by atoms with E-state index in [0.717, 1.165) is 0 Å². The zero-order valence-electron chi connectivity index (χ0n) is 7.33. The van der Waals surface area contributed by atoms with Crippen LogP contribution in [-0.4, -0.2) is 16.4 Å². The Bertz CT molecular complexity index is 217. The lowest BCUT2D eigenvalue weighted by Crippen LogP contribution is -1.84. The van der Waals surface area contributed by atoms with E-state index in [9.17, 15) is 4.57 Å². The smallest absolute Gasteiger partial charge is 0.303 e. The van der Waals surface area contributed by atoms with Gasteiger partial charge >= 0.3 is 7.82 Å². The van der Waals surface area contributed by atoms with E-state index in [1.165, 1.54) is 6.92 Å². The van der Waals surface area contributed by atoms with Gasteiger partial charge in [0.25, 0.3) is 0 Å². The largest absolute Gasteiger partial charge is 0.469 e. The molecule has 74 valence electrons. The summed E-state index contributed by atoms with van der Waals surface area (Å²) in [6, 6.07) is 12.0. The molecule has 0 aliphatic rings. The van der Waals surface area contributed by atoms with Gasteiger partial charge in [0.15, 0.2) is 0 Å². The van der Waals surface area contributed by atoms with Crippen LogP contribution >= 0.6 is 7.82 Å². The van der Waals surface area contributed by atoms with Crippen LogP contribution < -0.4 is 0 Å². The van der Waals surface area contributed by atoms with Crippen LogP contribution in [0.3, 0.4) is 0 Å². The Hall–Kier alpha value is -0.670. The highest BCUT2D eigenvalue weighted by atomic mass is 31.2. The highest BCUT2D eigenvalue weighted by molar-refractivity contribution is 7.46. The Kier molecular flexibility index (Phi) is 6.45. The summed E-state index contributed by atoms with van der Waals surface area (Å²) in [6.45, 7) is 1.56. The van der Waals surface area contributed by atoms with Crippen molar-refractivity contribution < 1.29 is 18.9 Å². The molecule has 0 bridgehead atoms. The van der Waals surface area contributed by atoms with E-state index < -0.39 is 7.82 Å². The molecule has 1 aromatic rings. The van der Waals surface area contributed by atoms with Gasteiger partial charge in [-0.15, -0.1) is 0 Å². The molecule has 0 fully saturated rings. The highest BCUT2D eigenvalue weighted by Gasteiger charge is 2.10. The molecule has 1 rings (SSSR count). The molecular weight excluding hydrogens is 191 g/mol. The first kappa shape index (κ1) is 12.3. The quantitative estimate of drug-likeness (QED) is 0.721. The van der Waals surface area contributed by atoms with Crippen LogP contribution in [0.4, 0.5) is 0 Å². The van der Waals surface area contributed by atoms with Gasteiger partial charge in [-0.2, -0.15) is 0 Å². The number of phosphoric ester groups is 1. The fourth-order valence-corrected chi connectivity index (χ4v) is 0.889. The molecule has 0 saturated heterocycles. The van der Waals surface area contributed by atoms with Gasteiger partial charge in [-0.1, -0.05) is 36.4 Å². The first-order valence-electron chi connectivity index (χ1n) is 3.76. The average Bonchev–Trinajstić information content (AvgIpc) is 2.06. The second-order valence-corrected chi connectivity index (χ2v) is 3.30. The fraction of sp³-hybridized carbons (Fsp3) is 0.250. The van der Waals surface area contributed by atoms with Crippen molar-refractivity contribution in [1.29, 1.82) is 0 Å². The molecule has 0 radical (unpaired) electrons. The molecule has 5 heteroatoms. The third-order valence-electron chi connectivity index (χ3n) is 0.964. The minimum absolute atomic E-state index is 0.0459. The summed E-state index contributed by atoms with van der Waals surface area (Å²) in [5.41, 5.74) is 0. The summed E-state index contributed by atoms with van der Waals surface area (Å²) >= 11 is 0. The zero-order valence-corrected chi connectivity index (χ0v) is 8.22. The molecule has 0 amide bonds. The third kappa shape index (κ3) is 11.3. The molecule has 0 spiro atoms. The van der Waals surface area contributed by atoms with Crippen LogP contribution in [0.5, 0.6) is 0 Å². The molecule has 2 N–H and O–H groups in total. The van der Waals surface area contributed by atoms with Crippen molar-refractivity contribution in [2.24, 2.45) is 0 Å². The molecule has 0 aliphatic heterocycles. The molecule has 0 aliphatic carbocycles. The molecule has 0 atom stereocenters. The van der Waals surface area contributed by atoms with E-state index in [0.29, 0.717) is 0 Å². The van der Waals surface area contributed by atoms with Crippen LogP contribution in [0.2, 0.25) is 0 Å². The van der Waals surface area contributed by atoms with E-state index in [-0.39, 0.29) is 6.61 Å². The normalized spacial score (nSPS) is 10.1. The van der Waals surface area contributed by atoms with E-state index in [1.807, 2.05) is 36.4 Å². The number of rotatable bonds is 2. The molecule has 0 saturated carbocycles. The minimum Gasteiger partial charge on any atom is -0.303 e. The Morgan fingerprint density at radius 2 is 1.38 bits per heavy atom. The van der Waals surface area contributed by atoms with Crippen molar-refractivity contribution in [3.63, 3.8) is 0 Å². The maximum absolute atomic E-state index is 9.70. The lowest BCUT2D eigenvalue weighted by Gasteiger charge is -1.98. The maximum Gasteiger partial charge on any atom is 0.469 e. The van der Waals surface area contributed by atoms with Gasteiger partial charge in [-0.25, -0.2) is 4.57 Å². The van der Waals surface area contributed by atoms with Crippen molar-refractivity contribution in [3.05, 3.63) is 36.4 Å². The molecule has 1 aromatic carbocycles. The van der Waals surface area contributed by atoms with Gasteiger partial charge in [-0.3, -0.25) is 4.52 Å². The molecule has 0 heterocycles. The lowest BCUT2D eigenvalue weighted by atomic mass is 10.4. The van der Waals surface area contributed by atoms with Gasteiger partial charge in [0, 0.05) is 0 Å². The summed E-state index contributed by atoms with van der Waals surface area (Å²) in [5, 5.41) is 0. The van der Waals surface area contributed by atoms with E-state index in [4.69, 9.17) is 9.79 Å². The number of hydrogen-bond donors (Lipinski definition) is 2. The van der Waals surface area contributed by atoms with Gasteiger partial charge in [-0.05, 0) is 6.92 Å². The van der Waals surface area contributed by atoms with E-state index in [2.05, 4.69) is 4.52 Å². The maximum atomic E-state index is 9.70. The van der Waals surface area contributed by atoms with Crippen LogP contribution in [0.15, 0.2) is 36.4 Å². The van der Waals surface area contributed by atoms with Gasteiger partial charge < -0.3 is 9.79 Å². The highest BCUT2D eigenvalue weighted by Crippen LogP contribution is 2.34. The summed E-state index contributed by atoms with van der Waals surface area (Å²) < 4.78 is 13.6. The Morgan fingerprint density at radius 3 is 1.46 bits per heavy atom. The van der Waals surface area contributed by atoms with E-state index in [1.54, 1.807) is 0 Å². The van der Waals surface area contributed by atoms with Crippen LogP contribution in [0.25, 0.3) is 0 Å². The first-order valence-corrected chi connectivity index (χ1v) is 5.29. The van der Waals surface area contributed by atoms with Crippen LogP contribution in [0.1, 0.15) is 6.92 Å². The van der Waals surface area contributed by atoms with Crippen LogP contribution in [-0.2, 0) is 9.09 Å². The predicted octanol–water partition coefficient (Wildman–Crippen LogP) is 1.80. The Balaban J connectivity index is 0.000000223. The second kappa shape index (κ2) is 6.80. The first-order chi connectivity index (χ1) is 6.06. The Morgan fingerprint density at radius 1 is 1.08 bits per heavy atom. The van der Waals surface area contributed by atoms with Crippen LogP contribution in [0, 0.1) is 0 Å². The molecule has 13 heavy (non-hydrogen) atoms. The zero-order chi connectivity index (χ0) is 10.2. The summed E-state index contributed by atoms with van der Waals surface area (Å²) in [7, 11) is -4.17. The topological polar surface area (TPSA) is 66.8 Å². The molecule has 4 nitrogen and oxygen atoms in total. The third-order valence-corrected chi connectivity index (χ3v) is 1.56. The van der Waals surface area contributed by atoms with Crippen molar-refractivity contribution in [1.82, 2.24) is 0 Å². The van der Waals surface area contributed by atoms with Crippen molar-refractivity contribution in [2.45, 2.75) is 6.92 Å². The fourth-order valence-electron chi connectivity index (χ4n) is 0.553. The minimum atomic E-state index is -4.17. The molecule has 0 unspecified atom stereocenters. The van der Waals surface area contributed by atoms with Crippen molar-refractivity contribution >= 4 is 7.82 Å². The number of hydrogen-bond acceptors (Lipinski definition) is 2. The Labute approximate surface area is 77.4 Å². The predicted molar refractivity (Wildman–Crippen MR) is 50.1 cm³/mol.